The minimum Gasteiger partial charge on any atom is -0.493 e. The van der Waals surface area contributed by atoms with Crippen molar-refractivity contribution < 1.29 is 14.3 Å². The average Bonchev–Trinajstić information content (AvgIpc) is 2.88. The number of carbonyl (C=O) groups excluding carboxylic acids is 1. The molecule has 3 aromatic carbocycles. The number of carbonyl (C=O) groups is 1. The van der Waals surface area contributed by atoms with Gasteiger partial charge in [0.15, 0.2) is 11.5 Å². The van der Waals surface area contributed by atoms with Crippen LogP contribution in [0.15, 0.2) is 78.9 Å². The molecular formula is C29H34N2O3. The van der Waals surface area contributed by atoms with Gasteiger partial charge < -0.3 is 14.4 Å². The van der Waals surface area contributed by atoms with E-state index in [1.807, 2.05) is 72.6 Å². The topological polar surface area (TPSA) is 42.0 Å². The molecule has 1 saturated heterocycles. The highest BCUT2D eigenvalue weighted by Crippen LogP contribution is 2.30. The molecule has 34 heavy (non-hydrogen) atoms. The van der Waals surface area contributed by atoms with Gasteiger partial charge in [0.1, 0.15) is 6.61 Å². The van der Waals surface area contributed by atoms with Crippen LogP contribution in [-0.4, -0.2) is 43.0 Å². The van der Waals surface area contributed by atoms with E-state index in [0.717, 1.165) is 60.7 Å². The molecule has 1 aliphatic heterocycles. The van der Waals surface area contributed by atoms with Gasteiger partial charge in [-0.1, -0.05) is 66.7 Å². The lowest BCUT2D eigenvalue weighted by atomic mass is 9.96. The molecule has 0 aromatic heterocycles. The lowest BCUT2D eigenvalue weighted by Gasteiger charge is -2.34. The largest absolute Gasteiger partial charge is 0.493 e. The van der Waals surface area contributed by atoms with Crippen LogP contribution in [0.4, 0.5) is 0 Å². The van der Waals surface area contributed by atoms with Crippen LogP contribution in [0.5, 0.6) is 11.5 Å². The second-order valence-corrected chi connectivity index (χ2v) is 9.01. The molecule has 1 atom stereocenters. The van der Waals surface area contributed by atoms with Crippen molar-refractivity contribution in [3.8, 4) is 11.5 Å². The maximum absolute atomic E-state index is 13.1. The molecule has 178 valence electrons. The maximum Gasteiger partial charge on any atom is 0.227 e. The van der Waals surface area contributed by atoms with E-state index in [4.69, 9.17) is 9.47 Å². The fraction of sp³-hybridized carbons (Fsp3) is 0.345. The summed E-state index contributed by atoms with van der Waals surface area (Å²) in [6, 6.07) is 26.4. The Morgan fingerprint density at radius 3 is 2.35 bits per heavy atom. The van der Waals surface area contributed by atoms with Gasteiger partial charge in [-0.05, 0) is 48.2 Å². The number of rotatable bonds is 9. The van der Waals surface area contributed by atoms with Crippen molar-refractivity contribution in [1.29, 1.82) is 0 Å². The highest BCUT2D eigenvalue weighted by molar-refractivity contribution is 5.79. The van der Waals surface area contributed by atoms with Crippen molar-refractivity contribution >= 4 is 5.91 Å². The molecule has 0 N–H and O–H groups in total. The van der Waals surface area contributed by atoms with Crippen LogP contribution < -0.4 is 9.47 Å². The zero-order valence-corrected chi connectivity index (χ0v) is 20.2. The second-order valence-electron chi connectivity index (χ2n) is 9.01. The fourth-order valence-corrected chi connectivity index (χ4v) is 4.57. The highest BCUT2D eigenvalue weighted by atomic mass is 16.5. The molecular weight excluding hydrogens is 424 g/mol. The highest BCUT2D eigenvalue weighted by Gasteiger charge is 2.28. The van der Waals surface area contributed by atoms with Crippen LogP contribution in [0, 0.1) is 5.92 Å². The molecule has 0 unspecified atom stereocenters. The first-order valence-corrected chi connectivity index (χ1v) is 12.0. The predicted molar refractivity (Wildman–Crippen MR) is 135 cm³/mol. The van der Waals surface area contributed by atoms with Crippen LogP contribution in [0.1, 0.15) is 29.5 Å². The molecule has 0 saturated carbocycles. The zero-order valence-electron chi connectivity index (χ0n) is 20.2. The van der Waals surface area contributed by atoms with Crippen molar-refractivity contribution in [1.82, 2.24) is 9.80 Å². The first-order chi connectivity index (χ1) is 16.6. The molecule has 1 aliphatic rings. The van der Waals surface area contributed by atoms with Crippen molar-refractivity contribution in [2.45, 2.75) is 32.5 Å². The summed E-state index contributed by atoms with van der Waals surface area (Å²) < 4.78 is 11.6. The van der Waals surface area contributed by atoms with Gasteiger partial charge in [0.2, 0.25) is 5.91 Å². The number of hydrogen-bond donors (Lipinski definition) is 0. The minimum atomic E-state index is 0.0397. The quantitative estimate of drug-likeness (QED) is 0.445. The Labute approximate surface area is 202 Å². The van der Waals surface area contributed by atoms with Gasteiger partial charge >= 0.3 is 0 Å². The number of nitrogens with zero attached hydrogens (tertiary/aromatic N) is 2. The van der Waals surface area contributed by atoms with Gasteiger partial charge in [-0.25, -0.2) is 0 Å². The van der Waals surface area contributed by atoms with Crippen molar-refractivity contribution in [2.75, 3.05) is 27.2 Å². The maximum atomic E-state index is 13.1. The Morgan fingerprint density at radius 1 is 0.941 bits per heavy atom. The summed E-state index contributed by atoms with van der Waals surface area (Å²) in [5, 5.41) is 0. The third-order valence-corrected chi connectivity index (χ3v) is 6.36. The summed E-state index contributed by atoms with van der Waals surface area (Å²) in [6.45, 7) is 3.73. The number of piperidine rings is 1. The van der Waals surface area contributed by atoms with Gasteiger partial charge in [-0.2, -0.15) is 0 Å². The Hall–Kier alpha value is -3.31. The Morgan fingerprint density at radius 2 is 1.65 bits per heavy atom. The van der Waals surface area contributed by atoms with E-state index in [0.29, 0.717) is 13.2 Å². The van der Waals surface area contributed by atoms with Crippen molar-refractivity contribution in [2.24, 2.45) is 5.92 Å². The molecule has 1 fully saturated rings. The lowest BCUT2D eigenvalue weighted by molar-refractivity contribution is -0.136. The van der Waals surface area contributed by atoms with Crippen LogP contribution >= 0.6 is 0 Å². The summed E-state index contributed by atoms with van der Waals surface area (Å²) >= 11 is 0. The standard InChI is InChI=1S/C29H34N2O3/c1-30(19-23-10-5-3-6-11-23)29(32)26-14-9-17-31(21-26)20-25-15-16-27(28(18-25)33-2)34-22-24-12-7-4-8-13-24/h3-8,10-13,15-16,18,26H,9,14,17,19-22H2,1-2H3/t26-/m1/s1. The molecule has 1 heterocycles. The predicted octanol–water partition coefficient (Wildman–Crippen LogP) is 5.14. The molecule has 1 amide bonds. The number of likely N-dealkylation sites (tertiary alicyclic amines) is 1. The Bertz CT molecular complexity index is 1060. The van der Waals surface area contributed by atoms with E-state index in [1.165, 1.54) is 0 Å². The summed E-state index contributed by atoms with van der Waals surface area (Å²) in [7, 11) is 3.58. The Balaban J connectivity index is 1.34. The zero-order chi connectivity index (χ0) is 23.8. The summed E-state index contributed by atoms with van der Waals surface area (Å²) in [6.07, 6.45) is 1.98. The smallest absolute Gasteiger partial charge is 0.227 e. The Kier molecular flexibility index (Phi) is 8.21. The number of amides is 1. The van der Waals surface area contributed by atoms with Gasteiger partial charge in [0.05, 0.1) is 13.0 Å². The van der Waals surface area contributed by atoms with E-state index in [1.54, 1.807) is 7.11 Å². The van der Waals surface area contributed by atoms with E-state index in [-0.39, 0.29) is 11.8 Å². The molecule has 4 rings (SSSR count). The van der Waals surface area contributed by atoms with Gasteiger partial charge in [0.25, 0.3) is 0 Å². The third-order valence-electron chi connectivity index (χ3n) is 6.36. The average molecular weight is 459 g/mol. The van der Waals surface area contributed by atoms with Gasteiger partial charge in [-0.3, -0.25) is 9.69 Å². The van der Waals surface area contributed by atoms with Crippen LogP contribution in [0.2, 0.25) is 0 Å². The molecule has 0 aliphatic carbocycles. The van der Waals surface area contributed by atoms with Gasteiger partial charge in [0, 0.05) is 26.7 Å². The number of benzene rings is 3. The molecule has 3 aromatic rings. The molecule has 0 radical (unpaired) electrons. The third kappa shape index (κ3) is 6.39. The van der Waals surface area contributed by atoms with E-state index in [2.05, 4.69) is 23.1 Å². The van der Waals surface area contributed by atoms with Crippen molar-refractivity contribution in [3.63, 3.8) is 0 Å². The first-order valence-electron chi connectivity index (χ1n) is 12.0. The fourth-order valence-electron chi connectivity index (χ4n) is 4.57. The number of methoxy groups -OCH3 is 1. The van der Waals surface area contributed by atoms with Crippen LogP contribution in [0.25, 0.3) is 0 Å². The monoisotopic (exact) mass is 458 g/mol. The molecule has 0 bridgehead atoms. The molecule has 5 nitrogen and oxygen atoms in total. The summed E-state index contributed by atoms with van der Waals surface area (Å²) in [5.41, 5.74) is 3.44. The number of hydrogen-bond acceptors (Lipinski definition) is 4. The normalized spacial score (nSPS) is 16.1. The van der Waals surface area contributed by atoms with E-state index < -0.39 is 0 Å². The lowest BCUT2D eigenvalue weighted by Crippen LogP contribution is -2.43. The number of ether oxygens (including phenoxy) is 2. The van der Waals surface area contributed by atoms with Crippen LogP contribution in [0.3, 0.4) is 0 Å². The van der Waals surface area contributed by atoms with E-state index >= 15 is 0 Å². The van der Waals surface area contributed by atoms with Crippen LogP contribution in [-0.2, 0) is 24.5 Å². The first kappa shape index (κ1) is 23.8. The van der Waals surface area contributed by atoms with E-state index in [9.17, 15) is 4.79 Å². The minimum absolute atomic E-state index is 0.0397. The van der Waals surface area contributed by atoms with Crippen molar-refractivity contribution in [3.05, 3.63) is 95.6 Å². The SMILES string of the molecule is COc1cc(CN2CCC[C@@H](C(=O)N(C)Cc3ccccc3)C2)ccc1OCc1ccccc1. The van der Waals surface area contributed by atoms with Gasteiger partial charge in [-0.15, -0.1) is 0 Å². The molecule has 5 heteroatoms. The summed E-state index contributed by atoms with van der Waals surface area (Å²) in [4.78, 5) is 17.3. The summed E-state index contributed by atoms with van der Waals surface area (Å²) in [5.74, 6) is 1.75. The second kappa shape index (κ2) is 11.7. The molecule has 0 spiro atoms.